The first-order chi connectivity index (χ1) is 17.0. The summed E-state index contributed by atoms with van der Waals surface area (Å²) in [6.45, 7) is 0.273. The Morgan fingerprint density at radius 1 is 1.00 bits per heavy atom. The smallest absolute Gasteiger partial charge is 0.287 e. The lowest BCUT2D eigenvalue weighted by atomic mass is 9.73. The molecule has 2 saturated carbocycles. The van der Waals surface area contributed by atoms with Gasteiger partial charge in [-0.15, -0.1) is 0 Å². The predicted octanol–water partition coefficient (Wildman–Crippen LogP) is 4.66. The minimum absolute atomic E-state index is 0.181. The number of nitrogens with one attached hydrogen (secondary N) is 1. The van der Waals surface area contributed by atoms with Gasteiger partial charge in [-0.2, -0.15) is 0 Å². The molecule has 1 aromatic carbocycles. The highest BCUT2D eigenvalue weighted by Crippen LogP contribution is 2.49. The second-order valence-electron chi connectivity index (χ2n) is 10.1. The fourth-order valence-electron chi connectivity index (χ4n) is 6.36. The molecular weight excluding hydrogens is 464 g/mol. The van der Waals surface area contributed by atoms with E-state index in [0.717, 1.165) is 30.2 Å². The van der Waals surface area contributed by atoms with Crippen LogP contribution in [0.4, 0.5) is 0 Å². The third kappa shape index (κ3) is 4.16. The van der Waals surface area contributed by atoms with E-state index < -0.39 is 15.1 Å². The van der Waals surface area contributed by atoms with Gasteiger partial charge in [0.15, 0.2) is 21.2 Å². The normalized spacial score (nSPS) is 28.4. The van der Waals surface area contributed by atoms with Crippen molar-refractivity contribution in [1.29, 1.82) is 0 Å². The number of carbonyl (C=O) groups is 1. The van der Waals surface area contributed by atoms with Crippen LogP contribution < -0.4 is 5.32 Å². The summed E-state index contributed by atoms with van der Waals surface area (Å²) in [6.07, 6.45) is 10.6. The molecule has 1 saturated heterocycles. The summed E-state index contributed by atoms with van der Waals surface area (Å²) in [5.74, 6) is 0.792. The minimum Gasteiger partial charge on any atom is -0.449 e. The first-order valence-corrected chi connectivity index (χ1v) is 14.2. The molecule has 1 aliphatic heterocycles. The molecule has 8 heteroatoms. The number of furan rings is 1. The number of hydrogen-bond acceptors (Lipinski definition) is 6. The van der Waals surface area contributed by atoms with Gasteiger partial charge in [0.1, 0.15) is 0 Å². The van der Waals surface area contributed by atoms with Crippen molar-refractivity contribution in [3.8, 4) is 0 Å². The van der Waals surface area contributed by atoms with Crippen LogP contribution >= 0.6 is 0 Å². The van der Waals surface area contributed by atoms with Crippen LogP contribution in [0.2, 0.25) is 0 Å². The van der Waals surface area contributed by atoms with Crippen molar-refractivity contribution >= 4 is 26.7 Å². The van der Waals surface area contributed by atoms with Crippen molar-refractivity contribution in [2.45, 2.75) is 73.8 Å². The Morgan fingerprint density at radius 2 is 1.80 bits per heavy atom. The van der Waals surface area contributed by atoms with Crippen LogP contribution in [0.5, 0.6) is 0 Å². The van der Waals surface area contributed by atoms with Gasteiger partial charge in [0, 0.05) is 18.1 Å². The maximum atomic E-state index is 13.6. The van der Waals surface area contributed by atoms with E-state index in [4.69, 9.17) is 9.15 Å². The van der Waals surface area contributed by atoms with Crippen LogP contribution in [0.25, 0.3) is 11.0 Å². The number of fused-ring (bicyclic) bond motifs is 4. The molecule has 6 rings (SSSR count). The number of sulfone groups is 1. The number of carbonyl (C=O) groups excluding carboxylic acids is 1. The molecule has 3 fully saturated rings. The van der Waals surface area contributed by atoms with Crippen molar-refractivity contribution in [2.24, 2.45) is 11.8 Å². The first-order valence-electron chi connectivity index (χ1n) is 12.6. The van der Waals surface area contributed by atoms with Gasteiger partial charge in [0.25, 0.3) is 5.91 Å². The number of aromatic nitrogens is 1. The molecule has 0 radical (unpaired) electrons. The Bertz CT molecular complexity index is 1300. The van der Waals surface area contributed by atoms with Gasteiger partial charge < -0.3 is 14.5 Å². The van der Waals surface area contributed by atoms with E-state index in [9.17, 15) is 13.2 Å². The summed E-state index contributed by atoms with van der Waals surface area (Å²) < 4.78 is 39.2. The number of nitrogens with zero attached hydrogens (tertiary/aromatic N) is 1. The van der Waals surface area contributed by atoms with E-state index in [0.29, 0.717) is 28.7 Å². The Labute approximate surface area is 205 Å². The fourth-order valence-corrected chi connectivity index (χ4v) is 8.32. The Hall–Kier alpha value is -2.71. The first kappa shape index (κ1) is 22.7. The average Bonchev–Trinajstić information content (AvgIpc) is 3.49. The molecule has 0 bridgehead atoms. The lowest BCUT2D eigenvalue weighted by Crippen LogP contribution is -2.42. The van der Waals surface area contributed by atoms with Crippen LogP contribution in [0, 0.1) is 11.8 Å². The van der Waals surface area contributed by atoms with E-state index in [1.807, 2.05) is 0 Å². The quantitative estimate of drug-likeness (QED) is 0.554. The lowest BCUT2D eigenvalue weighted by molar-refractivity contribution is 0.00814. The van der Waals surface area contributed by atoms with Crippen LogP contribution in [0.3, 0.4) is 0 Å². The minimum atomic E-state index is -3.50. The van der Waals surface area contributed by atoms with Crippen molar-refractivity contribution in [3.05, 3.63) is 60.1 Å². The number of benzene rings is 1. The molecule has 0 spiro atoms. The maximum absolute atomic E-state index is 13.6. The summed E-state index contributed by atoms with van der Waals surface area (Å²) in [5.41, 5.74) is 1.38. The second kappa shape index (κ2) is 9.06. The van der Waals surface area contributed by atoms with E-state index in [2.05, 4.69) is 10.3 Å². The molecule has 184 valence electrons. The summed E-state index contributed by atoms with van der Waals surface area (Å²) in [6, 6.07) is 10.3. The molecule has 3 aliphatic rings. The summed E-state index contributed by atoms with van der Waals surface area (Å²) in [7, 11) is -3.50. The van der Waals surface area contributed by atoms with Crippen LogP contribution in [0.15, 0.2) is 58.1 Å². The van der Waals surface area contributed by atoms with Gasteiger partial charge in [0.2, 0.25) is 0 Å². The highest BCUT2D eigenvalue weighted by atomic mass is 32.2. The standard InChI is InChI=1S/C27H30N2O5S/c30-27(23-14-18-12-13-28-16-24(18)33-23)29-15-17-8-10-19(11-9-17)35(31,32)25-7-3-5-21-20-4-1-2-6-22(20)34-26(21)25/h8-14,16,20-22,25-26H,1-7,15H2,(H,29,30). The van der Waals surface area contributed by atoms with Gasteiger partial charge in [-0.3, -0.25) is 9.78 Å². The molecule has 1 N–H and O–H groups in total. The second-order valence-corrected chi connectivity index (χ2v) is 12.3. The molecule has 5 atom stereocenters. The molecule has 7 nitrogen and oxygen atoms in total. The Morgan fingerprint density at radius 3 is 2.63 bits per heavy atom. The van der Waals surface area contributed by atoms with E-state index in [1.165, 1.54) is 19.3 Å². The van der Waals surface area contributed by atoms with Crippen molar-refractivity contribution in [2.75, 3.05) is 0 Å². The molecule has 35 heavy (non-hydrogen) atoms. The number of amides is 1. The SMILES string of the molecule is O=C(NCc1ccc(S(=O)(=O)C2CCCC3C4CCCCC4OC32)cc1)c1cc2ccncc2o1. The number of pyridine rings is 1. The molecule has 5 unspecified atom stereocenters. The topological polar surface area (TPSA) is 98.5 Å². The summed E-state index contributed by atoms with van der Waals surface area (Å²) in [5, 5.41) is 3.18. The Balaban J connectivity index is 1.13. The zero-order valence-electron chi connectivity index (χ0n) is 19.6. The highest BCUT2D eigenvalue weighted by Gasteiger charge is 2.52. The van der Waals surface area contributed by atoms with Crippen molar-refractivity contribution in [3.63, 3.8) is 0 Å². The number of ether oxygens (including phenoxy) is 1. The van der Waals surface area contributed by atoms with Crippen LogP contribution in [-0.4, -0.2) is 36.8 Å². The van der Waals surface area contributed by atoms with Crippen LogP contribution in [0.1, 0.15) is 61.1 Å². The number of rotatable bonds is 5. The molecule has 3 aromatic rings. The zero-order chi connectivity index (χ0) is 24.0. The van der Waals surface area contributed by atoms with E-state index in [-0.39, 0.29) is 30.4 Å². The van der Waals surface area contributed by atoms with Gasteiger partial charge in [-0.05, 0) is 67.3 Å². The Kier molecular flexibility index (Phi) is 5.89. The van der Waals surface area contributed by atoms with Gasteiger partial charge in [-0.1, -0.05) is 31.4 Å². The maximum Gasteiger partial charge on any atom is 0.287 e. The molecule has 3 heterocycles. The van der Waals surface area contributed by atoms with Crippen LogP contribution in [-0.2, 0) is 21.1 Å². The van der Waals surface area contributed by atoms with Gasteiger partial charge in [-0.25, -0.2) is 8.42 Å². The zero-order valence-corrected chi connectivity index (χ0v) is 20.4. The molecule has 2 aromatic heterocycles. The van der Waals surface area contributed by atoms with Gasteiger partial charge >= 0.3 is 0 Å². The lowest BCUT2D eigenvalue weighted by Gasteiger charge is -2.34. The van der Waals surface area contributed by atoms with Crippen molar-refractivity contribution < 1.29 is 22.4 Å². The largest absolute Gasteiger partial charge is 0.449 e. The third-order valence-electron chi connectivity index (χ3n) is 8.10. The fraction of sp³-hybridized carbons (Fsp3) is 0.481. The molecule has 2 aliphatic carbocycles. The van der Waals surface area contributed by atoms with E-state index in [1.54, 1.807) is 48.8 Å². The summed E-state index contributed by atoms with van der Waals surface area (Å²) >= 11 is 0. The molecular formula is C27H30N2O5S. The highest BCUT2D eigenvalue weighted by molar-refractivity contribution is 7.92. The third-order valence-corrected chi connectivity index (χ3v) is 10.3. The van der Waals surface area contributed by atoms with Gasteiger partial charge in [0.05, 0.1) is 28.6 Å². The number of hydrogen-bond donors (Lipinski definition) is 1. The monoisotopic (exact) mass is 494 g/mol. The molecule has 1 amide bonds. The van der Waals surface area contributed by atoms with Crippen molar-refractivity contribution in [1.82, 2.24) is 10.3 Å². The van der Waals surface area contributed by atoms with E-state index >= 15 is 0 Å². The average molecular weight is 495 g/mol. The summed E-state index contributed by atoms with van der Waals surface area (Å²) in [4.78, 5) is 16.8. The predicted molar refractivity (Wildman–Crippen MR) is 131 cm³/mol.